The molecule has 1 aromatic rings. The summed E-state index contributed by atoms with van der Waals surface area (Å²) < 4.78 is 0. The van der Waals surface area contributed by atoms with Crippen LogP contribution in [0.25, 0.3) is 0 Å². The second-order valence-electron chi connectivity index (χ2n) is 6.19. The van der Waals surface area contributed by atoms with Gasteiger partial charge in [-0.3, -0.25) is 14.5 Å². The Morgan fingerprint density at radius 1 is 1.23 bits per heavy atom. The van der Waals surface area contributed by atoms with E-state index in [4.69, 9.17) is 0 Å². The summed E-state index contributed by atoms with van der Waals surface area (Å²) in [4.78, 5) is 27.0. The molecule has 2 amide bonds. The van der Waals surface area contributed by atoms with Gasteiger partial charge in [0.2, 0.25) is 11.8 Å². The van der Waals surface area contributed by atoms with E-state index in [1.807, 2.05) is 17.5 Å². The van der Waals surface area contributed by atoms with Crippen molar-refractivity contribution in [1.82, 2.24) is 15.5 Å². The number of likely N-dealkylation sites (tertiary alicyclic amines) is 1. The number of hydrogen-bond acceptors (Lipinski definition) is 4. The number of thiophene rings is 1. The molecule has 0 atom stereocenters. The Morgan fingerprint density at radius 3 is 2.64 bits per heavy atom. The third-order valence-corrected chi connectivity index (χ3v) is 5.17. The Hall–Kier alpha value is -1.40. The Labute approximate surface area is 135 Å². The van der Waals surface area contributed by atoms with Crippen molar-refractivity contribution in [3.05, 3.63) is 22.4 Å². The van der Waals surface area contributed by atoms with Crippen LogP contribution in [0.5, 0.6) is 0 Å². The van der Waals surface area contributed by atoms with Gasteiger partial charge in [-0.05, 0) is 37.1 Å². The number of nitrogens with zero attached hydrogens (tertiary/aromatic N) is 1. The molecule has 22 heavy (non-hydrogen) atoms. The van der Waals surface area contributed by atoms with E-state index in [1.165, 1.54) is 4.88 Å². The molecule has 0 radical (unpaired) electrons. The average Bonchev–Trinajstić information content (AvgIpc) is 3.24. The van der Waals surface area contributed by atoms with E-state index in [2.05, 4.69) is 15.5 Å². The predicted octanol–water partition coefficient (Wildman–Crippen LogP) is 1.35. The quantitative estimate of drug-likeness (QED) is 0.831. The first kappa shape index (κ1) is 15.5. The van der Waals surface area contributed by atoms with Gasteiger partial charge in [-0.25, -0.2) is 0 Å². The maximum atomic E-state index is 11.9. The summed E-state index contributed by atoms with van der Waals surface area (Å²) in [5, 5.41) is 8.11. The first-order valence-electron chi connectivity index (χ1n) is 8.02. The molecule has 1 aliphatic heterocycles. The molecule has 1 aliphatic carbocycles. The lowest BCUT2D eigenvalue weighted by molar-refractivity contribution is -0.124. The molecule has 0 bridgehead atoms. The molecule has 3 rings (SSSR count). The molecule has 5 nitrogen and oxygen atoms in total. The van der Waals surface area contributed by atoms with Crippen LogP contribution in [0.1, 0.15) is 30.6 Å². The number of carbonyl (C=O) groups is 2. The summed E-state index contributed by atoms with van der Waals surface area (Å²) >= 11 is 1.66. The lowest BCUT2D eigenvalue weighted by Crippen LogP contribution is -2.47. The van der Waals surface area contributed by atoms with E-state index in [1.54, 1.807) is 11.3 Å². The Bertz CT molecular complexity index is 505. The molecule has 1 saturated carbocycles. The number of nitrogens with one attached hydrogen (secondary N) is 2. The van der Waals surface area contributed by atoms with Gasteiger partial charge >= 0.3 is 0 Å². The van der Waals surface area contributed by atoms with Crippen LogP contribution in [0.3, 0.4) is 0 Å². The van der Waals surface area contributed by atoms with Crippen LogP contribution in [0, 0.1) is 5.92 Å². The van der Waals surface area contributed by atoms with Crippen molar-refractivity contribution in [2.24, 2.45) is 5.92 Å². The largest absolute Gasteiger partial charge is 0.353 e. The summed E-state index contributed by atoms with van der Waals surface area (Å²) in [6.07, 6.45) is 3.98. The molecule has 0 spiro atoms. The Morgan fingerprint density at radius 2 is 2.00 bits per heavy atom. The Kier molecular flexibility index (Phi) is 5.10. The maximum Gasteiger partial charge on any atom is 0.234 e. The molecule has 1 aromatic heterocycles. The number of rotatable bonds is 6. The van der Waals surface area contributed by atoms with Crippen LogP contribution >= 0.6 is 11.3 Å². The van der Waals surface area contributed by atoms with E-state index in [0.717, 1.165) is 38.8 Å². The highest BCUT2D eigenvalue weighted by atomic mass is 32.1. The summed E-state index contributed by atoms with van der Waals surface area (Å²) in [6, 6.07) is 4.31. The van der Waals surface area contributed by atoms with Crippen molar-refractivity contribution in [3.8, 4) is 0 Å². The minimum atomic E-state index is 0.0777. The molecule has 2 fully saturated rings. The highest BCUT2D eigenvalue weighted by Crippen LogP contribution is 2.29. The van der Waals surface area contributed by atoms with Crippen molar-refractivity contribution < 1.29 is 9.59 Å². The number of hydrogen-bond donors (Lipinski definition) is 2. The van der Waals surface area contributed by atoms with Crippen molar-refractivity contribution in [2.75, 3.05) is 19.6 Å². The fourth-order valence-corrected chi connectivity index (χ4v) is 3.40. The van der Waals surface area contributed by atoms with E-state index in [9.17, 15) is 9.59 Å². The second kappa shape index (κ2) is 7.24. The fraction of sp³-hybridized carbons (Fsp3) is 0.625. The molecule has 6 heteroatoms. The highest BCUT2D eigenvalue weighted by Gasteiger charge is 2.31. The lowest BCUT2D eigenvalue weighted by Gasteiger charge is -2.31. The topological polar surface area (TPSA) is 61.4 Å². The van der Waals surface area contributed by atoms with E-state index < -0.39 is 0 Å². The smallest absolute Gasteiger partial charge is 0.234 e. The van der Waals surface area contributed by atoms with Gasteiger partial charge in [0, 0.05) is 29.9 Å². The third-order valence-electron chi connectivity index (χ3n) is 4.29. The molecule has 2 N–H and O–H groups in total. The van der Waals surface area contributed by atoms with Gasteiger partial charge in [0.05, 0.1) is 13.1 Å². The standard InChI is InChI=1S/C16H23N3O2S/c20-15(17-10-14-2-1-9-22-14)11-19-7-5-13(6-8-19)18-16(21)12-3-4-12/h1-2,9,12-13H,3-8,10-11H2,(H,17,20)(H,18,21). The van der Waals surface area contributed by atoms with Crippen LogP contribution < -0.4 is 10.6 Å². The van der Waals surface area contributed by atoms with Gasteiger partial charge < -0.3 is 10.6 Å². The van der Waals surface area contributed by atoms with Crippen molar-refractivity contribution >= 4 is 23.2 Å². The summed E-state index contributed by atoms with van der Waals surface area (Å²) in [7, 11) is 0. The molecular weight excluding hydrogens is 298 g/mol. The zero-order valence-electron chi connectivity index (χ0n) is 12.7. The van der Waals surface area contributed by atoms with Gasteiger partial charge in [-0.15, -0.1) is 11.3 Å². The first-order chi connectivity index (χ1) is 10.7. The first-order valence-corrected chi connectivity index (χ1v) is 8.90. The third kappa shape index (κ3) is 4.55. The molecule has 0 unspecified atom stereocenters. The van der Waals surface area contributed by atoms with Gasteiger partial charge in [0.1, 0.15) is 0 Å². The van der Waals surface area contributed by atoms with E-state index in [-0.39, 0.29) is 17.7 Å². The molecule has 2 aliphatic rings. The minimum absolute atomic E-state index is 0.0777. The van der Waals surface area contributed by atoms with Crippen LogP contribution in [0.15, 0.2) is 17.5 Å². The molecular formula is C16H23N3O2S. The minimum Gasteiger partial charge on any atom is -0.353 e. The summed E-state index contributed by atoms with van der Waals surface area (Å²) in [6.45, 7) is 2.82. The van der Waals surface area contributed by atoms with Crippen LogP contribution in [-0.2, 0) is 16.1 Å². The fourth-order valence-electron chi connectivity index (χ4n) is 2.76. The molecule has 120 valence electrons. The van der Waals surface area contributed by atoms with Gasteiger partial charge in [0.15, 0.2) is 0 Å². The normalized spacial score (nSPS) is 19.8. The molecule has 0 aromatic carbocycles. The van der Waals surface area contributed by atoms with Crippen molar-refractivity contribution in [1.29, 1.82) is 0 Å². The van der Waals surface area contributed by atoms with Crippen LogP contribution in [0.4, 0.5) is 0 Å². The highest BCUT2D eigenvalue weighted by molar-refractivity contribution is 7.09. The Balaban J connectivity index is 1.32. The monoisotopic (exact) mass is 321 g/mol. The second-order valence-corrected chi connectivity index (χ2v) is 7.22. The number of amides is 2. The molecule has 1 saturated heterocycles. The van der Waals surface area contributed by atoms with E-state index in [0.29, 0.717) is 19.1 Å². The SMILES string of the molecule is O=C(CN1CCC(NC(=O)C2CC2)CC1)NCc1cccs1. The van der Waals surface area contributed by atoms with E-state index >= 15 is 0 Å². The predicted molar refractivity (Wildman–Crippen MR) is 86.5 cm³/mol. The van der Waals surface area contributed by atoms with Crippen molar-refractivity contribution in [2.45, 2.75) is 38.3 Å². The van der Waals surface area contributed by atoms with Crippen molar-refractivity contribution in [3.63, 3.8) is 0 Å². The summed E-state index contributed by atoms with van der Waals surface area (Å²) in [5.41, 5.74) is 0. The summed E-state index contributed by atoms with van der Waals surface area (Å²) in [5.74, 6) is 0.585. The van der Waals surface area contributed by atoms with Crippen LogP contribution in [0.2, 0.25) is 0 Å². The number of carbonyl (C=O) groups excluding carboxylic acids is 2. The lowest BCUT2D eigenvalue weighted by atomic mass is 10.0. The zero-order chi connectivity index (χ0) is 15.4. The van der Waals surface area contributed by atoms with Gasteiger partial charge in [-0.2, -0.15) is 0 Å². The van der Waals surface area contributed by atoms with Gasteiger partial charge in [-0.1, -0.05) is 6.07 Å². The number of piperidine rings is 1. The zero-order valence-corrected chi connectivity index (χ0v) is 13.5. The maximum absolute atomic E-state index is 11.9. The van der Waals surface area contributed by atoms with Crippen LogP contribution in [-0.4, -0.2) is 42.4 Å². The average molecular weight is 321 g/mol. The van der Waals surface area contributed by atoms with Gasteiger partial charge in [0.25, 0.3) is 0 Å². The molecule has 2 heterocycles.